The molecule has 0 amide bonds. The molecule has 1 aliphatic rings. The van der Waals surface area contributed by atoms with Crippen LogP contribution in [0.5, 0.6) is 0 Å². The molecular formula is C18H24N2O2. The summed E-state index contributed by atoms with van der Waals surface area (Å²) in [5, 5.41) is 9.07. The van der Waals surface area contributed by atoms with Crippen molar-refractivity contribution in [2.45, 2.75) is 57.8 Å². The second-order valence-corrected chi connectivity index (χ2v) is 6.52. The van der Waals surface area contributed by atoms with Crippen LogP contribution >= 0.6 is 0 Å². The van der Waals surface area contributed by atoms with E-state index in [0.29, 0.717) is 11.5 Å². The predicted octanol–water partition coefficient (Wildman–Crippen LogP) is 4.73. The van der Waals surface area contributed by atoms with Gasteiger partial charge in [-0.25, -0.2) is 9.78 Å². The Hall–Kier alpha value is -1.84. The fourth-order valence-electron chi connectivity index (χ4n) is 3.57. The normalized spacial score (nSPS) is 22.0. The lowest BCUT2D eigenvalue weighted by Crippen LogP contribution is -2.14. The lowest BCUT2D eigenvalue weighted by Gasteiger charge is -2.27. The van der Waals surface area contributed by atoms with Gasteiger partial charge in [0.15, 0.2) is 0 Å². The quantitative estimate of drug-likeness (QED) is 0.839. The minimum Gasteiger partial charge on any atom is -0.478 e. The summed E-state index contributed by atoms with van der Waals surface area (Å²) in [6, 6.07) is 5.10. The zero-order chi connectivity index (χ0) is 15.5. The lowest BCUT2D eigenvalue weighted by atomic mass is 9.79. The average molecular weight is 300 g/mol. The molecule has 1 heterocycles. The maximum absolute atomic E-state index is 11.0. The molecule has 4 heteroatoms. The molecule has 0 bridgehead atoms. The van der Waals surface area contributed by atoms with Crippen LogP contribution in [0.3, 0.4) is 0 Å². The molecule has 0 atom stereocenters. The number of nitrogens with one attached hydrogen (secondary N) is 1. The average Bonchev–Trinajstić information content (AvgIpc) is 2.96. The number of H-pyrrole nitrogens is 1. The van der Waals surface area contributed by atoms with Crippen LogP contribution in [0.15, 0.2) is 18.2 Å². The molecule has 118 valence electrons. The van der Waals surface area contributed by atoms with E-state index in [1.54, 1.807) is 18.2 Å². The van der Waals surface area contributed by atoms with Crippen LogP contribution in [0.2, 0.25) is 0 Å². The topological polar surface area (TPSA) is 66.0 Å². The van der Waals surface area contributed by atoms with Crippen molar-refractivity contribution in [3.05, 3.63) is 29.6 Å². The summed E-state index contributed by atoms with van der Waals surface area (Å²) < 4.78 is 0. The zero-order valence-electron chi connectivity index (χ0n) is 13.1. The van der Waals surface area contributed by atoms with Crippen LogP contribution in [0.4, 0.5) is 0 Å². The van der Waals surface area contributed by atoms with Gasteiger partial charge in [0.05, 0.1) is 16.6 Å². The first-order valence-corrected chi connectivity index (χ1v) is 8.40. The second-order valence-electron chi connectivity index (χ2n) is 6.52. The van der Waals surface area contributed by atoms with Crippen molar-refractivity contribution in [1.82, 2.24) is 9.97 Å². The molecule has 0 spiro atoms. The molecular weight excluding hydrogens is 276 g/mol. The van der Waals surface area contributed by atoms with Crippen LogP contribution < -0.4 is 0 Å². The van der Waals surface area contributed by atoms with E-state index in [1.165, 1.54) is 44.9 Å². The predicted molar refractivity (Wildman–Crippen MR) is 87.3 cm³/mol. The number of rotatable bonds is 5. The van der Waals surface area contributed by atoms with Gasteiger partial charge >= 0.3 is 5.97 Å². The maximum Gasteiger partial charge on any atom is 0.335 e. The number of carboxylic acids is 1. The van der Waals surface area contributed by atoms with Gasteiger partial charge in [0, 0.05) is 5.92 Å². The molecule has 2 N–H and O–H groups in total. The minimum atomic E-state index is -0.894. The number of nitrogens with zero attached hydrogens (tertiary/aromatic N) is 1. The van der Waals surface area contributed by atoms with Crippen LogP contribution in [-0.2, 0) is 0 Å². The molecule has 4 nitrogen and oxygen atoms in total. The van der Waals surface area contributed by atoms with Gasteiger partial charge in [0.2, 0.25) is 0 Å². The van der Waals surface area contributed by atoms with Crippen molar-refractivity contribution in [3.8, 4) is 0 Å². The molecule has 1 fully saturated rings. The van der Waals surface area contributed by atoms with Crippen LogP contribution in [0.25, 0.3) is 11.0 Å². The highest BCUT2D eigenvalue weighted by Crippen LogP contribution is 2.37. The van der Waals surface area contributed by atoms with E-state index >= 15 is 0 Å². The Morgan fingerprint density at radius 1 is 1.32 bits per heavy atom. The van der Waals surface area contributed by atoms with E-state index in [4.69, 9.17) is 5.11 Å². The summed E-state index contributed by atoms with van der Waals surface area (Å²) >= 11 is 0. The molecule has 1 aromatic heterocycles. The molecule has 3 rings (SSSR count). The number of fused-ring (bicyclic) bond motifs is 1. The Morgan fingerprint density at radius 3 is 2.77 bits per heavy atom. The molecule has 1 saturated carbocycles. The van der Waals surface area contributed by atoms with Gasteiger partial charge in [-0.05, 0) is 49.8 Å². The van der Waals surface area contributed by atoms with Crippen LogP contribution in [0, 0.1) is 5.92 Å². The molecule has 0 aliphatic heterocycles. The summed E-state index contributed by atoms with van der Waals surface area (Å²) in [4.78, 5) is 19.1. The van der Waals surface area contributed by atoms with Crippen LogP contribution in [-0.4, -0.2) is 21.0 Å². The number of aromatic carboxylic acids is 1. The number of carbonyl (C=O) groups is 1. The smallest absolute Gasteiger partial charge is 0.335 e. The van der Waals surface area contributed by atoms with E-state index < -0.39 is 5.97 Å². The molecule has 1 aromatic carbocycles. The highest BCUT2D eigenvalue weighted by atomic mass is 16.4. The van der Waals surface area contributed by atoms with Crippen molar-refractivity contribution in [3.63, 3.8) is 0 Å². The van der Waals surface area contributed by atoms with Crippen molar-refractivity contribution in [2.24, 2.45) is 5.92 Å². The SMILES string of the molecule is CCCCC1CCC(c2nc3ccc(C(=O)O)cc3[nH]2)CC1. The Labute approximate surface area is 131 Å². The van der Waals surface area contributed by atoms with Gasteiger partial charge in [0.25, 0.3) is 0 Å². The number of carboxylic acid groups (broad SMARTS) is 1. The summed E-state index contributed by atoms with van der Waals surface area (Å²) in [7, 11) is 0. The second kappa shape index (κ2) is 6.51. The number of hydrogen-bond acceptors (Lipinski definition) is 2. The van der Waals surface area contributed by atoms with Crippen molar-refractivity contribution in [1.29, 1.82) is 0 Å². The highest BCUT2D eigenvalue weighted by molar-refractivity contribution is 5.92. The van der Waals surface area contributed by atoms with E-state index in [0.717, 1.165) is 22.8 Å². The maximum atomic E-state index is 11.0. The molecule has 2 aromatic rings. The highest BCUT2D eigenvalue weighted by Gasteiger charge is 2.24. The Balaban J connectivity index is 1.70. The van der Waals surface area contributed by atoms with E-state index in [9.17, 15) is 4.79 Å². The van der Waals surface area contributed by atoms with Crippen molar-refractivity contribution >= 4 is 17.0 Å². The van der Waals surface area contributed by atoms with Gasteiger partial charge in [-0.15, -0.1) is 0 Å². The summed E-state index contributed by atoms with van der Waals surface area (Å²) in [6.07, 6.45) is 8.98. The summed E-state index contributed by atoms with van der Waals surface area (Å²) in [5.74, 6) is 1.53. The lowest BCUT2D eigenvalue weighted by molar-refractivity contribution is 0.0697. The first-order chi connectivity index (χ1) is 10.7. The number of benzene rings is 1. The standard InChI is InChI=1S/C18H24N2O2/c1-2-3-4-12-5-7-13(8-6-12)17-19-15-10-9-14(18(21)22)11-16(15)20-17/h9-13H,2-8H2,1H3,(H,19,20)(H,21,22). The zero-order valence-corrected chi connectivity index (χ0v) is 13.1. The molecule has 0 radical (unpaired) electrons. The third-order valence-electron chi connectivity index (χ3n) is 4.95. The van der Waals surface area contributed by atoms with Crippen LogP contribution in [0.1, 0.15) is 74.0 Å². The summed E-state index contributed by atoms with van der Waals surface area (Å²) in [5.41, 5.74) is 2.02. The molecule has 1 aliphatic carbocycles. The van der Waals surface area contributed by atoms with Gasteiger partial charge in [-0.3, -0.25) is 0 Å². The first-order valence-electron chi connectivity index (χ1n) is 8.40. The van der Waals surface area contributed by atoms with Gasteiger partial charge < -0.3 is 10.1 Å². The Morgan fingerprint density at radius 2 is 2.09 bits per heavy atom. The van der Waals surface area contributed by atoms with E-state index in [-0.39, 0.29) is 0 Å². The fourth-order valence-corrected chi connectivity index (χ4v) is 3.57. The largest absolute Gasteiger partial charge is 0.478 e. The van der Waals surface area contributed by atoms with Gasteiger partial charge in [0.1, 0.15) is 5.82 Å². The molecule has 0 unspecified atom stereocenters. The molecule has 22 heavy (non-hydrogen) atoms. The minimum absolute atomic E-state index is 0.311. The van der Waals surface area contributed by atoms with E-state index in [1.807, 2.05) is 0 Å². The number of unbranched alkanes of at least 4 members (excludes halogenated alkanes) is 1. The van der Waals surface area contributed by atoms with E-state index in [2.05, 4.69) is 16.9 Å². The Kier molecular flexibility index (Phi) is 4.46. The number of hydrogen-bond donors (Lipinski definition) is 2. The Bertz CT molecular complexity index is 654. The number of imidazole rings is 1. The van der Waals surface area contributed by atoms with Gasteiger partial charge in [-0.2, -0.15) is 0 Å². The van der Waals surface area contributed by atoms with Crippen molar-refractivity contribution in [2.75, 3.05) is 0 Å². The van der Waals surface area contributed by atoms with Gasteiger partial charge in [-0.1, -0.05) is 26.2 Å². The van der Waals surface area contributed by atoms with Crippen molar-refractivity contribution < 1.29 is 9.90 Å². The fraction of sp³-hybridized carbons (Fsp3) is 0.556. The molecule has 0 saturated heterocycles. The third kappa shape index (κ3) is 3.16. The first kappa shape index (κ1) is 15.1. The third-order valence-corrected chi connectivity index (χ3v) is 4.95. The number of aromatic nitrogens is 2. The summed E-state index contributed by atoms with van der Waals surface area (Å²) in [6.45, 7) is 2.26. The monoisotopic (exact) mass is 300 g/mol. The number of aromatic amines is 1.